The Balaban J connectivity index is 2.04. The number of carbonyl (C=O) groups excluding carboxylic acids is 1. The second-order valence-electron chi connectivity index (χ2n) is 5.67. The molecule has 5 nitrogen and oxygen atoms in total. The van der Waals surface area contributed by atoms with Crippen LogP contribution in [0, 0.1) is 6.92 Å². The molecule has 1 aliphatic rings. The minimum absolute atomic E-state index is 0.108. The van der Waals surface area contributed by atoms with Crippen molar-refractivity contribution in [1.82, 2.24) is 15.4 Å². The minimum Gasteiger partial charge on any atom is -0.360 e. The van der Waals surface area contributed by atoms with Crippen molar-refractivity contribution in [1.29, 1.82) is 0 Å². The molecule has 3 rings (SSSR count). The van der Waals surface area contributed by atoms with E-state index in [4.69, 9.17) is 27.7 Å². The van der Waals surface area contributed by atoms with Crippen molar-refractivity contribution in [3.05, 3.63) is 39.6 Å². The van der Waals surface area contributed by atoms with Gasteiger partial charge in [-0.2, -0.15) is 0 Å². The number of hydrogen-bond acceptors (Lipinski definition) is 4. The first-order valence-electron chi connectivity index (χ1n) is 7.42. The lowest BCUT2D eigenvalue weighted by Gasteiger charge is -2.31. The maximum Gasteiger partial charge on any atom is 0.259 e. The lowest BCUT2D eigenvalue weighted by atomic mass is 10.0. The van der Waals surface area contributed by atoms with Gasteiger partial charge in [0.2, 0.25) is 0 Å². The number of rotatable bonds is 2. The van der Waals surface area contributed by atoms with Crippen LogP contribution in [0.15, 0.2) is 22.7 Å². The molecule has 1 aliphatic heterocycles. The summed E-state index contributed by atoms with van der Waals surface area (Å²) in [4.78, 5) is 14.8. The highest BCUT2D eigenvalue weighted by molar-refractivity contribution is 6.39. The Bertz CT molecular complexity index is 725. The van der Waals surface area contributed by atoms with Crippen LogP contribution in [0.3, 0.4) is 0 Å². The third-order valence-corrected chi connectivity index (χ3v) is 4.56. The van der Waals surface area contributed by atoms with Crippen LogP contribution in [-0.2, 0) is 0 Å². The molecule has 1 saturated heterocycles. The van der Waals surface area contributed by atoms with Crippen LogP contribution in [0.5, 0.6) is 0 Å². The maximum absolute atomic E-state index is 13.0. The lowest BCUT2D eigenvalue weighted by Crippen LogP contribution is -2.51. The van der Waals surface area contributed by atoms with Crippen molar-refractivity contribution in [3.63, 3.8) is 0 Å². The van der Waals surface area contributed by atoms with Gasteiger partial charge in [-0.1, -0.05) is 34.4 Å². The third kappa shape index (κ3) is 3.09. The Hall–Kier alpha value is -1.56. The Morgan fingerprint density at radius 2 is 2.09 bits per heavy atom. The summed E-state index contributed by atoms with van der Waals surface area (Å²) in [7, 11) is 0. The molecule has 1 aromatic carbocycles. The molecule has 2 heterocycles. The monoisotopic (exact) mass is 353 g/mol. The van der Waals surface area contributed by atoms with Crippen LogP contribution in [-0.4, -0.2) is 41.6 Å². The van der Waals surface area contributed by atoms with Crippen LogP contribution < -0.4 is 5.32 Å². The summed E-state index contributed by atoms with van der Waals surface area (Å²) in [5, 5.41) is 8.23. The van der Waals surface area contributed by atoms with Crippen molar-refractivity contribution in [2.45, 2.75) is 19.9 Å². The fraction of sp³-hybridized carbons (Fsp3) is 0.375. The Kier molecular flexibility index (Phi) is 4.62. The molecule has 1 fully saturated rings. The molecule has 7 heteroatoms. The number of carbonyl (C=O) groups is 1. The summed E-state index contributed by atoms with van der Waals surface area (Å²) in [6, 6.07) is 5.43. The van der Waals surface area contributed by atoms with Gasteiger partial charge in [0, 0.05) is 31.2 Å². The number of aryl methyl sites for hydroxylation is 1. The van der Waals surface area contributed by atoms with Crippen LogP contribution >= 0.6 is 23.2 Å². The second-order valence-corrected chi connectivity index (χ2v) is 6.48. The number of nitrogens with zero attached hydrogens (tertiary/aromatic N) is 2. The Morgan fingerprint density at radius 3 is 2.74 bits per heavy atom. The molecular formula is C16H17Cl2N3O2. The van der Waals surface area contributed by atoms with E-state index in [0.29, 0.717) is 45.7 Å². The summed E-state index contributed by atoms with van der Waals surface area (Å²) in [5.74, 6) is 0.357. The Morgan fingerprint density at radius 1 is 1.39 bits per heavy atom. The molecular weight excluding hydrogens is 337 g/mol. The number of hydrogen-bond donors (Lipinski definition) is 1. The van der Waals surface area contributed by atoms with Gasteiger partial charge in [0.25, 0.3) is 5.91 Å². The number of nitrogens with one attached hydrogen (secondary N) is 1. The van der Waals surface area contributed by atoms with Gasteiger partial charge in [0.1, 0.15) is 17.0 Å². The van der Waals surface area contributed by atoms with E-state index in [2.05, 4.69) is 10.5 Å². The zero-order valence-electron chi connectivity index (χ0n) is 12.9. The molecule has 0 aliphatic carbocycles. The summed E-state index contributed by atoms with van der Waals surface area (Å²) in [5.41, 5.74) is 1.35. The number of amides is 1. The number of benzene rings is 1. The predicted octanol–water partition coefficient (Wildman–Crippen LogP) is 3.39. The third-order valence-electron chi connectivity index (χ3n) is 3.93. The van der Waals surface area contributed by atoms with Crippen LogP contribution in [0.25, 0.3) is 11.3 Å². The van der Waals surface area contributed by atoms with Crippen molar-refractivity contribution in [2.75, 3.05) is 19.6 Å². The van der Waals surface area contributed by atoms with Crippen molar-refractivity contribution in [3.8, 4) is 11.3 Å². The molecule has 0 spiro atoms. The first-order chi connectivity index (χ1) is 11.0. The van der Waals surface area contributed by atoms with E-state index < -0.39 is 0 Å². The second kappa shape index (κ2) is 6.51. The van der Waals surface area contributed by atoms with E-state index in [1.807, 2.05) is 6.92 Å². The topological polar surface area (TPSA) is 58.4 Å². The molecule has 1 amide bonds. The number of aromatic nitrogens is 1. The standard InChI is InChI=1S/C16H17Cl2N3O2/c1-9-8-21(7-6-19-9)16(22)13-10(2)23-20-15(13)14-11(17)4-3-5-12(14)18/h3-5,9,19H,6-8H2,1-2H3. The molecule has 0 bridgehead atoms. The summed E-state index contributed by atoms with van der Waals surface area (Å²) in [6.07, 6.45) is 0. The first kappa shape index (κ1) is 16.3. The van der Waals surface area contributed by atoms with Crippen LogP contribution in [0.1, 0.15) is 23.0 Å². The number of piperazine rings is 1. The molecule has 1 aromatic heterocycles. The van der Waals surface area contributed by atoms with Crippen molar-refractivity contribution < 1.29 is 9.32 Å². The molecule has 0 radical (unpaired) electrons. The highest BCUT2D eigenvalue weighted by Gasteiger charge is 2.30. The van der Waals surface area contributed by atoms with Gasteiger partial charge in [-0.05, 0) is 26.0 Å². The van der Waals surface area contributed by atoms with Gasteiger partial charge < -0.3 is 14.7 Å². The average Bonchev–Trinajstić information content (AvgIpc) is 2.88. The SMILES string of the molecule is Cc1onc(-c2c(Cl)cccc2Cl)c1C(=O)N1CCNC(C)C1. The highest BCUT2D eigenvalue weighted by atomic mass is 35.5. The molecule has 2 aromatic rings. The summed E-state index contributed by atoms with van der Waals surface area (Å²) in [6.45, 7) is 5.81. The van der Waals surface area contributed by atoms with E-state index in [1.165, 1.54) is 0 Å². The first-order valence-corrected chi connectivity index (χ1v) is 8.18. The van der Waals surface area contributed by atoms with E-state index in [-0.39, 0.29) is 11.9 Å². The molecule has 1 N–H and O–H groups in total. The van der Waals surface area contributed by atoms with Crippen molar-refractivity contribution in [2.24, 2.45) is 0 Å². The van der Waals surface area contributed by atoms with Crippen LogP contribution in [0.2, 0.25) is 10.0 Å². The summed E-state index contributed by atoms with van der Waals surface area (Å²) < 4.78 is 5.27. The van der Waals surface area contributed by atoms with E-state index in [1.54, 1.807) is 30.0 Å². The fourth-order valence-corrected chi connectivity index (χ4v) is 3.37. The smallest absolute Gasteiger partial charge is 0.259 e. The molecule has 1 unspecified atom stereocenters. The largest absolute Gasteiger partial charge is 0.360 e. The Labute approximate surface area is 144 Å². The lowest BCUT2D eigenvalue weighted by molar-refractivity contribution is 0.0708. The fourth-order valence-electron chi connectivity index (χ4n) is 2.79. The molecule has 0 saturated carbocycles. The zero-order chi connectivity index (χ0) is 16.6. The quantitative estimate of drug-likeness (QED) is 0.898. The predicted molar refractivity (Wildman–Crippen MR) is 90.1 cm³/mol. The average molecular weight is 354 g/mol. The highest BCUT2D eigenvalue weighted by Crippen LogP contribution is 2.37. The van der Waals surface area contributed by atoms with Gasteiger partial charge in [-0.15, -0.1) is 0 Å². The maximum atomic E-state index is 13.0. The summed E-state index contributed by atoms with van der Waals surface area (Å²) >= 11 is 12.5. The zero-order valence-corrected chi connectivity index (χ0v) is 14.4. The molecule has 1 atom stereocenters. The van der Waals surface area contributed by atoms with Gasteiger partial charge in [0.15, 0.2) is 0 Å². The minimum atomic E-state index is -0.108. The molecule has 23 heavy (non-hydrogen) atoms. The van der Waals surface area contributed by atoms with Gasteiger partial charge >= 0.3 is 0 Å². The van der Waals surface area contributed by atoms with E-state index in [9.17, 15) is 4.79 Å². The van der Waals surface area contributed by atoms with Gasteiger partial charge in [-0.3, -0.25) is 4.79 Å². The van der Waals surface area contributed by atoms with E-state index in [0.717, 1.165) is 6.54 Å². The van der Waals surface area contributed by atoms with Gasteiger partial charge in [-0.25, -0.2) is 0 Å². The van der Waals surface area contributed by atoms with E-state index >= 15 is 0 Å². The van der Waals surface area contributed by atoms with Crippen LogP contribution in [0.4, 0.5) is 0 Å². The van der Waals surface area contributed by atoms with Crippen molar-refractivity contribution >= 4 is 29.1 Å². The normalized spacial score (nSPS) is 18.3. The van der Waals surface area contributed by atoms with Gasteiger partial charge in [0.05, 0.1) is 10.0 Å². The molecule has 122 valence electrons. The number of halogens is 2.